The highest BCUT2D eigenvalue weighted by molar-refractivity contribution is 7.20. The summed E-state index contributed by atoms with van der Waals surface area (Å²) in [7, 11) is 1.85. The molecule has 0 aliphatic carbocycles. The minimum Gasteiger partial charge on any atom is -0.251 e. The van der Waals surface area contributed by atoms with E-state index in [2.05, 4.69) is 4.98 Å². The summed E-state index contributed by atoms with van der Waals surface area (Å²) in [6.07, 6.45) is 1.80. The second-order valence-corrected chi connectivity index (χ2v) is 2.75. The summed E-state index contributed by atoms with van der Waals surface area (Å²) < 4.78 is 7.97. The highest BCUT2D eigenvalue weighted by Gasteiger charge is 1.92. The highest BCUT2D eigenvalue weighted by Crippen LogP contribution is 1.96. The van der Waals surface area contributed by atoms with Crippen LogP contribution in [0.1, 0.15) is 6.38 Å². The second kappa shape index (κ2) is 2.31. The first-order valence-electron chi connectivity index (χ1n) is 3.08. The summed E-state index contributed by atoms with van der Waals surface area (Å²) in [5, 5.41) is 1.06. The van der Waals surface area contributed by atoms with Gasteiger partial charge in [-0.2, -0.15) is 0 Å². The predicted molar refractivity (Wildman–Crippen MR) is 38.1 cm³/mol. The number of hydrogen-bond donors (Lipinski definition) is 0. The van der Waals surface area contributed by atoms with Crippen LogP contribution in [-0.2, 0) is 0 Å². The molecule has 0 spiro atoms. The second-order valence-electron chi connectivity index (χ2n) is 1.49. The quantitative estimate of drug-likeness (QED) is 0.506. The largest absolute Gasteiger partial charge is 0.251 e. The van der Waals surface area contributed by atoms with Crippen LogP contribution < -0.4 is 4.78 Å². The van der Waals surface area contributed by atoms with Crippen molar-refractivity contribution in [2.75, 3.05) is 0 Å². The molecule has 1 heterocycles. The molecule has 0 fully saturated rings. The molecular weight excluding hydrogens is 117 g/mol. The number of aromatic nitrogens is 1. The first-order valence-corrected chi connectivity index (χ1v) is 3.19. The first kappa shape index (κ1) is 4.56. The van der Waals surface area contributed by atoms with Gasteiger partial charge < -0.3 is 0 Å². The third kappa shape index (κ3) is 1.10. The lowest BCUT2D eigenvalue weighted by molar-refractivity contribution is 1.30. The minimum absolute atomic E-state index is 0.349. The molecule has 0 N–H and O–H groups in total. The molecule has 0 saturated heterocycles. The van der Waals surface area contributed by atoms with Gasteiger partial charge in [0.15, 0.2) is 7.28 Å². The molecule has 1 radical (unpaired) electrons. The van der Waals surface area contributed by atoms with E-state index in [1.807, 2.05) is 14.2 Å². The van der Waals surface area contributed by atoms with Crippen LogP contribution in [0.5, 0.6) is 0 Å². The van der Waals surface area contributed by atoms with Gasteiger partial charge in [0.2, 0.25) is 0 Å². The summed E-state index contributed by atoms with van der Waals surface area (Å²) in [5.41, 5.74) is 0. The summed E-state index contributed by atoms with van der Waals surface area (Å²) in [4.78, 5) is 4.04. The van der Waals surface area contributed by atoms with Gasteiger partial charge in [0.25, 0.3) is 0 Å². The Morgan fingerprint density at radius 2 is 2.88 bits per heavy atom. The Labute approximate surface area is 55.4 Å². The van der Waals surface area contributed by atoms with Crippen LogP contribution in [0, 0.1) is 6.92 Å². The van der Waals surface area contributed by atoms with Crippen molar-refractivity contribution in [2.45, 2.75) is 13.7 Å². The molecule has 0 amide bonds. The van der Waals surface area contributed by atoms with Crippen molar-refractivity contribution in [3.63, 3.8) is 0 Å². The molecule has 1 rings (SSSR count). The fourth-order valence-corrected chi connectivity index (χ4v) is 1.11. The molecule has 1 aromatic heterocycles. The van der Waals surface area contributed by atoms with Gasteiger partial charge in [0.1, 0.15) is 0 Å². The smallest absolute Gasteiger partial charge is 0.164 e. The van der Waals surface area contributed by atoms with Gasteiger partial charge in [-0.05, 0) is 11.7 Å². The Morgan fingerprint density at radius 1 is 2.00 bits per heavy atom. The molecule has 0 unspecified atom stereocenters. The number of nitrogens with zero attached hydrogens (tertiary/aromatic N) is 1. The van der Waals surface area contributed by atoms with Crippen molar-refractivity contribution in [2.24, 2.45) is 0 Å². The van der Waals surface area contributed by atoms with Gasteiger partial charge in [-0.25, -0.2) is 0 Å². The van der Waals surface area contributed by atoms with E-state index >= 15 is 0 Å². The number of hydrogen-bond acceptors (Lipinski definition) is 2. The first-order chi connectivity index (χ1) is 4.33. The molecule has 0 bridgehead atoms. The number of thiazole rings is 1. The van der Waals surface area contributed by atoms with Crippen molar-refractivity contribution in [1.82, 2.24) is 4.98 Å². The maximum Gasteiger partial charge on any atom is 0.164 e. The molecule has 0 aliphatic heterocycles. The van der Waals surface area contributed by atoms with Crippen molar-refractivity contribution in [3.8, 4) is 0 Å². The molecule has 0 saturated carbocycles. The van der Waals surface area contributed by atoms with Gasteiger partial charge in [0, 0.05) is 7.57 Å². The summed E-state index contributed by atoms with van der Waals surface area (Å²) in [5.74, 6) is 0. The predicted octanol–water partition coefficient (Wildman–Crippen LogP) is 0.829. The van der Waals surface area contributed by atoms with Gasteiger partial charge in [-0.1, -0.05) is 6.80 Å². The fraction of sp³-hybridized carbons (Fsp3) is 0.400. The third-order valence-corrected chi connectivity index (χ3v) is 1.75. The highest BCUT2D eigenvalue weighted by atomic mass is 32.1. The summed E-state index contributed by atoms with van der Waals surface area (Å²) in [6.45, 7) is 2.31. The van der Waals surface area contributed by atoms with Crippen LogP contribution in [0.2, 0.25) is 6.80 Å². The molecule has 1 aromatic rings. The van der Waals surface area contributed by atoms with E-state index in [1.54, 1.807) is 17.5 Å². The monoisotopic (exact) mass is 125 g/mol. The third-order valence-electron chi connectivity index (χ3n) is 0.840. The van der Waals surface area contributed by atoms with Gasteiger partial charge in [-0.3, -0.25) is 4.98 Å². The molecule has 0 atom stereocenters. The topological polar surface area (TPSA) is 12.9 Å². The number of rotatable bonds is 1. The number of aryl methyl sites for hydroxylation is 1. The Kier molecular flexibility index (Phi) is 1.32. The van der Waals surface area contributed by atoms with E-state index in [-0.39, 0.29) is 0 Å². The van der Waals surface area contributed by atoms with E-state index in [4.69, 9.17) is 1.37 Å². The minimum atomic E-state index is 0.349. The Morgan fingerprint density at radius 3 is 3.38 bits per heavy atom. The van der Waals surface area contributed by atoms with Crippen molar-refractivity contribution in [3.05, 3.63) is 11.2 Å². The van der Waals surface area contributed by atoms with Crippen molar-refractivity contribution < 1.29 is 1.37 Å². The van der Waals surface area contributed by atoms with E-state index in [0.717, 1.165) is 9.78 Å². The molecule has 0 aliphatic rings. The van der Waals surface area contributed by atoms with Crippen LogP contribution in [-0.4, -0.2) is 12.3 Å². The Balaban J connectivity index is 2.61. The summed E-state index contributed by atoms with van der Waals surface area (Å²) in [6, 6.07) is 0. The molecule has 0 aromatic carbocycles. The molecule has 3 heteroatoms. The zero-order valence-electron chi connectivity index (χ0n) is 5.72. The van der Waals surface area contributed by atoms with Crippen LogP contribution in [0.4, 0.5) is 0 Å². The molecular formula is C5H7BNS. The maximum atomic E-state index is 6.87. The van der Waals surface area contributed by atoms with Gasteiger partial charge >= 0.3 is 0 Å². The van der Waals surface area contributed by atoms with E-state index in [0.29, 0.717) is 6.80 Å². The summed E-state index contributed by atoms with van der Waals surface area (Å²) >= 11 is 1.63. The average Bonchev–Trinajstić information content (AvgIpc) is 2.17. The van der Waals surface area contributed by atoms with Crippen LogP contribution in [0.15, 0.2) is 6.20 Å². The zero-order chi connectivity index (χ0) is 6.69. The van der Waals surface area contributed by atoms with Crippen LogP contribution in [0.3, 0.4) is 0 Å². The van der Waals surface area contributed by atoms with Gasteiger partial charge in [-0.15, -0.1) is 11.3 Å². The lowest BCUT2D eigenvalue weighted by atomic mass is 9.81. The van der Waals surface area contributed by atoms with Crippen molar-refractivity contribution >= 4 is 23.4 Å². The Bertz CT molecular complexity index is 189. The standard InChI is InChI=1S/C5H7BNS/c1-4-7-3-5(6-2)8-4/h3H,1-2H3/i2D. The molecule has 8 heavy (non-hydrogen) atoms. The van der Waals surface area contributed by atoms with E-state index in [9.17, 15) is 0 Å². The molecule has 1 nitrogen and oxygen atoms in total. The van der Waals surface area contributed by atoms with Crippen LogP contribution in [0.25, 0.3) is 0 Å². The van der Waals surface area contributed by atoms with E-state index in [1.165, 1.54) is 0 Å². The average molecular weight is 125 g/mol. The molecule has 41 valence electrons. The maximum absolute atomic E-state index is 6.87. The lowest BCUT2D eigenvalue weighted by Gasteiger charge is -1.76. The SMILES string of the molecule is [2H]C[B]c1cnc(C)s1. The lowest BCUT2D eigenvalue weighted by Crippen LogP contribution is -2.02. The fourth-order valence-electron chi connectivity index (χ4n) is 0.472. The van der Waals surface area contributed by atoms with Gasteiger partial charge in [0.05, 0.1) is 5.01 Å². The Hall–Kier alpha value is -0.305. The normalized spacial score (nSPS) is 10.9. The van der Waals surface area contributed by atoms with E-state index < -0.39 is 0 Å². The van der Waals surface area contributed by atoms with Crippen LogP contribution >= 0.6 is 11.3 Å². The zero-order valence-corrected chi connectivity index (χ0v) is 5.53. The van der Waals surface area contributed by atoms with Crippen molar-refractivity contribution in [1.29, 1.82) is 0 Å².